The molecule has 9 heteroatoms. The summed E-state index contributed by atoms with van der Waals surface area (Å²) in [6, 6.07) is 25.1. The van der Waals surface area contributed by atoms with E-state index in [9.17, 15) is 9.59 Å². The van der Waals surface area contributed by atoms with Crippen LogP contribution >= 0.6 is 0 Å². The molecule has 1 saturated heterocycles. The fourth-order valence-electron chi connectivity index (χ4n) is 6.37. The quantitative estimate of drug-likeness (QED) is 0.295. The number of carbonyl (C=O) groups is 2. The molecule has 0 bridgehead atoms. The lowest BCUT2D eigenvalue weighted by atomic mass is 9.75. The summed E-state index contributed by atoms with van der Waals surface area (Å²) in [4.78, 5) is 35.7. The van der Waals surface area contributed by atoms with Crippen molar-refractivity contribution in [1.82, 2.24) is 9.80 Å². The van der Waals surface area contributed by atoms with Crippen LogP contribution in [0.2, 0.25) is 0 Å². The standard InChI is InChI=1S/C36H37FN4O4/c1-5-25-17-12-18-28(37)30(25)31-29(23(2)39-34(38)32(31)35(42)44-4)36(43)45-24(3)40-19-21-41(22-20-40)33(26-13-8-6-9-14-26)27-15-10-7-11-16-27/h1,6-18,24,31-33H,19-22H2,2-4H3,(H2,38,39). The maximum atomic E-state index is 15.4. The Hall–Kier alpha value is -4.78. The molecular formula is C36H37FN4O4. The van der Waals surface area contributed by atoms with Crippen LogP contribution in [-0.2, 0) is 19.1 Å². The zero-order chi connectivity index (χ0) is 32.1. The number of amidine groups is 1. The predicted molar refractivity (Wildman–Crippen MR) is 170 cm³/mol. The zero-order valence-electron chi connectivity index (χ0n) is 25.7. The van der Waals surface area contributed by atoms with E-state index in [1.165, 1.54) is 30.4 Å². The molecule has 0 amide bonds. The molecule has 1 fully saturated rings. The normalized spacial score (nSPS) is 19.9. The first kappa shape index (κ1) is 31.6. The fourth-order valence-corrected chi connectivity index (χ4v) is 6.37. The second kappa shape index (κ2) is 13.9. The Morgan fingerprint density at radius 1 is 0.956 bits per heavy atom. The van der Waals surface area contributed by atoms with E-state index in [1.54, 1.807) is 19.9 Å². The molecule has 3 aromatic rings. The summed E-state index contributed by atoms with van der Waals surface area (Å²) in [5, 5.41) is 0. The summed E-state index contributed by atoms with van der Waals surface area (Å²) in [6.07, 6.45) is 5.11. The number of aliphatic imine (C=N–C) groups is 1. The molecule has 0 saturated carbocycles. The average molecular weight is 609 g/mol. The van der Waals surface area contributed by atoms with Crippen LogP contribution in [0.25, 0.3) is 0 Å². The number of hydrogen-bond donors (Lipinski definition) is 1. The number of nitrogens with zero attached hydrogens (tertiary/aromatic N) is 3. The smallest absolute Gasteiger partial charge is 0.338 e. The Kier molecular flexibility index (Phi) is 9.77. The van der Waals surface area contributed by atoms with E-state index in [-0.39, 0.29) is 34.3 Å². The van der Waals surface area contributed by atoms with Crippen LogP contribution in [-0.4, -0.2) is 67.1 Å². The number of methoxy groups -OCH3 is 1. The monoisotopic (exact) mass is 608 g/mol. The van der Waals surface area contributed by atoms with E-state index in [2.05, 4.69) is 69.2 Å². The van der Waals surface area contributed by atoms with Crippen LogP contribution in [0.4, 0.5) is 4.39 Å². The average Bonchev–Trinajstić information content (AvgIpc) is 3.05. The summed E-state index contributed by atoms with van der Waals surface area (Å²) < 4.78 is 26.4. The first-order valence-electron chi connectivity index (χ1n) is 14.9. The molecule has 45 heavy (non-hydrogen) atoms. The first-order chi connectivity index (χ1) is 21.7. The minimum Gasteiger partial charge on any atom is -0.468 e. The Morgan fingerprint density at radius 3 is 2.09 bits per heavy atom. The van der Waals surface area contributed by atoms with Gasteiger partial charge in [-0.25, -0.2) is 14.2 Å². The van der Waals surface area contributed by atoms with E-state index < -0.39 is 35.8 Å². The van der Waals surface area contributed by atoms with Crippen LogP contribution in [0.15, 0.2) is 95.1 Å². The van der Waals surface area contributed by atoms with Gasteiger partial charge in [0.05, 0.1) is 24.4 Å². The lowest BCUT2D eigenvalue weighted by Gasteiger charge is -2.41. The van der Waals surface area contributed by atoms with Crippen molar-refractivity contribution in [3.05, 3.63) is 118 Å². The van der Waals surface area contributed by atoms with Crippen molar-refractivity contribution in [2.45, 2.75) is 32.0 Å². The first-order valence-corrected chi connectivity index (χ1v) is 14.9. The van der Waals surface area contributed by atoms with Gasteiger partial charge in [-0.1, -0.05) is 72.7 Å². The largest absolute Gasteiger partial charge is 0.468 e. The summed E-state index contributed by atoms with van der Waals surface area (Å²) in [5.74, 6) is -2.24. The van der Waals surface area contributed by atoms with Crippen molar-refractivity contribution in [3.63, 3.8) is 0 Å². The summed E-state index contributed by atoms with van der Waals surface area (Å²) >= 11 is 0. The number of hydrogen-bond acceptors (Lipinski definition) is 8. The van der Waals surface area contributed by atoms with Crippen molar-refractivity contribution in [1.29, 1.82) is 0 Å². The number of piperazine rings is 1. The summed E-state index contributed by atoms with van der Waals surface area (Å²) in [6.45, 7) is 6.17. The molecule has 2 aliphatic rings. The number of carbonyl (C=O) groups excluding carboxylic acids is 2. The molecule has 0 aliphatic carbocycles. The minimum absolute atomic E-state index is 0.00585. The van der Waals surface area contributed by atoms with Crippen LogP contribution in [0.1, 0.15) is 48.1 Å². The molecule has 3 aromatic carbocycles. The zero-order valence-corrected chi connectivity index (χ0v) is 25.7. The number of halogens is 1. The predicted octanol–water partition coefficient (Wildman–Crippen LogP) is 4.62. The highest BCUT2D eigenvalue weighted by atomic mass is 19.1. The number of rotatable bonds is 8. The number of benzene rings is 3. The van der Waals surface area contributed by atoms with E-state index in [1.807, 2.05) is 12.1 Å². The topological polar surface area (TPSA) is 97.5 Å². The second-order valence-electron chi connectivity index (χ2n) is 11.2. The highest BCUT2D eigenvalue weighted by Crippen LogP contribution is 2.42. The van der Waals surface area contributed by atoms with Gasteiger partial charge in [-0.2, -0.15) is 0 Å². The highest BCUT2D eigenvalue weighted by Gasteiger charge is 2.45. The molecule has 5 rings (SSSR count). The van der Waals surface area contributed by atoms with E-state index in [0.29, 0.717) is 13.1 Å². The maximum Gasteiger partial charge on any atom is 0.338 e. The van der Waals surface area contributed by atoms with Crippen molar-refractivity contribution >= 4 is 17.8 Å². The molecule has 2 aliphatic heterocycles. The summed E-state index contributed by atoms with van der Waals surface area (Å²) in [5.41, 5.74) is 9.03. The molecule has 3 atom stereocenters. The molecular weight excluding hydrogens is 571 g/mol. The van der Waals surface area contributed by atoms with Crippen LogP contribution < -0.4 is 5.73 Å². The van der Waals surface area contributed by atoms with Gasteiger partial charge in [-0.15, -0.1) is 6.42 Å². The van der Waals surface area contributed by atoms with Gasteiger partial charge < -0.3 is 15.2 Å². The lowest BCUT2D eigenvalue weighted by molar-refractivity contribution is -0.155. The fraction of sp³-hybridized carbons (Fsp3) is 0.306. The molecule has 3 unspecified atom stereocenters. The van der Waals surface area contributed by atoms with Crippen molar-refractivity contribution in [2.24, 2.45) is 16.6 Å². The third kappa shape index (κ3) is 6.53. The number of ether oxygens (including phenoxy) is 2. The molecule has 0 spiro atoms. The number of terminal acetylenes is 1. The van der Waals surface area contributed by atoms with Gasteiger partial charge >= 0.3 is 11.9 Å². The van der Waals surface area contributed by atoms with Gasteiger partial charge in [0.2, 0.25) is 0 Å². The Morgan fingerprint density at radius 2 is 1.53 bits per heavy atom. The van der Waals surface area contributed by atoms with E-state index in [0.717, 1.165) is 13.1 Å². The summed E-state index contributed by atoms with van der Waals surface area (Å²) in [7, 11) is 1.20. The van der Waals surface area contributed by atoms with Gasteiger partial charge in [0.1, 0.15) is 17.6 Å². The Bertz CT molecular complexity index is 1600. The van der Waals surface area contributed by atoms with Gasteiger partial charge in [0, 0.05) is 43.2 Å². The molecule has 8 nitrogen and oxygen atoms in total. The minimum atomic E-state index is -1.27. The number of esters is 2. The second-order valence-corrected chi connectivity index (χ2v) is 11.2. The maximum absolute atomic E-state index is 15.4. The van der Waals surface area contributed by atoms with Crippen LogP contribution in [0, 0.1) is 24.1 Å². The van der Waals surface area contributed by atoms with Crippen molar-refractivity contribution in [2.75, 3.05) is 33.3 Å². The third-order valence-corrected chi connectivity index (χ3v) is 8.58. The molecule has 2 N–H and O–H groups in total. The van der Waals surface area contributed by atoms with Crippen LogP contribution in [0.5, 0.6) is 0 Å². The molecule has 232 valence electrons. The van der Waals surface area contributed by atoms with Gasteiger partial charge in [0.15, 0.2) is 6.23 Å². The highest BCUT2D eigenvalue weighted by molar-refractivity contribution is 6.06. The SMILES string of the molecule is C#Cc1cccc(F)c1C1C(C(=O)OC(C)N2CCN(C(c3ccccc3)c3ccccc3)CC2)=C(C)N=C(N)C1C(=O)OC. The van der Waals surface area contributed by atoms with Crippen molar-refractivity contribution < 1.29 is 23.5 Å². The van der Waals surface area contributed by atoms with E-state index >= 15 is 4.39 Å². The molecule has 2 heterocycles. The van der Waals surface area contributed by atoms with Gasteiger partial charge in [0.25, 0.3) is 0 Å². The Balaban J connectivity index is 1.37. The lowest BCUT2D eigenvalue weighted by Crippen LogP contribution is -2.51. The van der Waals surface area contributed by atoms with E-state index in [4.69, 9.17) is 21.6 Å². The van der Waals surface area contributed by atoms with Gasteiger partial charge in [-0.3, -0.25) is 14.6 Å². The van der Waals surface area contributed by atoms with Gasteiger partial charge in [-0.05, 0) is 37.1 Å². The van der Waals surface area contributed by atoms with Crippen molar-refractivity contribution in [3.8, 4) is 12.3 Å². The van der Waals surface area contributed by atoms with Crippen LogP contribution in [0.3, 0.4) is 0 Å². The number of allylic oxidation sites excluding steroid dienone is 1. The molecule has 0 radical (unpaired) electrons. The number of nitrogens with two attached hydrogens (primary N) is 1. The Labute approximate surface area is 263 Å². The third-order valence-electron chi connectivity index (χ3n) is 8.58. The molecule has 0 aromatic heterocycles.